The first-order valence-electron chi connectivity index (χ1n) is 8.52. The number of nitrogens with zero attached hydrogens (tertiary/aromatic N) is 5. The molecule has 1 aromatic heterocycles. The zero-order chi connectivity index (χ0) is 16.3. The topological polar surface area (TPSA) is 52.6 Å². The van der Waals surface area contributed by atoms with Gasteiger partial charge in [-0.25, -0.2) is 9.97 Å². The van der Waals surface area contributed by atoms with Crippen molar-refractivity contribution in [1.29, 1.82) is 0 Å². The number of anilines is 1. The monoisotopic (exact) mass is 317 g/mol. The van der Waals surface area contributed by atoms with Gasteiger partial charge in [-0.3, -0.25) is 4.79 Å². The van der Waals surface area contributed by atoms with Gasteiger partial charge in [0.15, 0.2) is 0 Å². The minimum absolute atomic E-state index is 0.254. The summed E-state index contributed by atoms with van der Waals surface area (Å²) in [5.41, 5.74) is 0.326. The van der Waals surface area contributed by atoms with E-state index in [9.17, 15) is 4.79 Å². The maximum atomic E-state index is 12.2. The molecular weight excluding hydrogens is 290 g/mol. The molecule has 0 aliphatic carbocycles. The summed E-state index contributed by atoms with van der Waals surface area (Å²) in [7, 11) is 3.89. The van der Waals surface area contributed by atoms with Crippen LogP contribution < -0.4 is 4.90 Å². The molecule has 2 saturated heterocycles. The Hall–Kier alpha value is -1.69. The second-order valence-corrected chi connectivity index (χ2v) is 7.19. The van der Waals surface area contributed by atoms with Gasteiger partial charge < -0.3 is 14.7 Å². The van der Waals surface area contributed by atoms with E-state index < -0.39 is 0 Å². The summed E-state index contributed by atoms with van der Waals surface area (Å²) in [6.45, 7) is 4.34. The molecule has 1 amide bonds. The highest BCUT2D eigenvalue weighted by Crippen LogP contribution is 2.40. The first kappa shape index (κ1) is 16.2. The summed E-state index contributed by atoms with van der Waals surface area (Å²) in [4.78, 5) is 27.3. The highest BCUT2D eigenvalue weighted by atomic mass is 16.2. The van der Waals surface area contributed by atoms with Crippen LogP contribution in [0.5, 0.6) is 0 Å². The molecule has 3 heterocycles. The van der Waals surface area contributed by atoms with Crippen LogP contribution in [-0.4, -0.2) is 72.5 Å². The van der Waals surface area contributed by atoms with Crippen LogP contribution in [0.25, 0.3) is 0 Å². The number of piperidine rings is 2. The smallest absolute Gasteiger partial charge is 0.236 e. The molecule has 0 atom stereocenters. The third kappa shape index (κ3) is 3.80. The Kier molecular flexibility index (Phi) is 4.80. The van der Waals surface area contributed by atoms with Crippen molar-refractivity contribution in [1.82, 2.24) is 19.8 Å². The van der Waals surface area contributed by atoms with E-state index in [0.29, 0.717) is 12.0 Å². The van der Waals surface area contributed by atoms with Crippen LogP contribution in [0.2, 0.25) is 0 Å². The third-order valence-electron chi connectivity index (χ3n) is 5.12. The molecule has 2 fully saturated rings. The van der Waals surface area contributed by atoms with Gasteiger partial charge in [0.05, 0.1) is 6.54 Å². The zero-order valence-electron chi connectivity index (χ0n) is 14.2. The molecule has 6 heteroatoms. The fraction of sp³-hybridized carbons (Fsp3) is 0.706. The summed E-state index contributed by atoms with van der Waals surface area (Å²) in [5, 5.41) is 0. The minimum atomic E-state index is 0.254. The standard InChI is InChI=1S/C17H27N5O/c1-20(2)13-15(23)21-11-6-17(7-12-21)5-3-10-22(14-17)16-18-8-4-9-19-16/h4,8-9H,3,5-7,10-14H2,1-2H3. The second kappa shape index (κ2) is 6.83. The molecule has 0 saturated carbocycles. The Morgan fingerprint density at radius 2 is 1.87 bits per heavy atom. The highest BCUT2D eigenvalue weighted by molar-refractivity contribution is 5.78. The van der Waals surface area contributed by atoms with Crippen molar-refractivity contribution in [3.8, 4) is 0 Å². The molecule has 6 nitrogen and oxygen atoms in total. The number of amides is 1. The van der Waals surface area contributed by atoms with Gasteiger partial charge in [-0.2, -0.15) is 0 Å². The number of hydrogen-bond acceptors (Lipinski definition) is 5. The molecule has 1 aromatic rings. The normalized spacial score (nSPS) is 21.0. The van der Waals surface area contributed by atoms with Gasteiger partial charge in [0, 0.05) is 38.6 Å². The van der Waals surface area contributed by atoms with Crippen molar-refractivity contribution in [2.45, 2.75) is 25.7 Å². The van der Waals surface area contributed by atoms with Gasteiger partial charge in [-0.05, 0) is 51.3 Å². The molecule has 2 aliphatic rings. The molecule has 23 heavy (non-hydrogen) atoms. The van der Waals surface area contributed by atoms with Crippen molar-refractivity contribution in [2.24, 2.45) is 5.41 Å². The molecule has 2 aliphatic heterocycles. The first-order valence-corrected chi connectivity index (χ1v) is 8.52. The van der Waals surface area contributed by atoms with Crippen LogP contribution in [0.3, 0.4) is 0 Å². The molecule has 0 unspecified atom stereocenters. The van der Waals surface area contributed by atoms with E-state index in [1.807, 2.05) is 42.4 Å². The quantitative estimate of drug-likeness (QED) is 0.840. The SMILES string of the molecule is CN(C)CC(=O)N1CCC2(CCCN(c3ncccn3)C2)CC1. The van der Waals surface area contributed by atoms with E-state index in [1.165, 1.54) is 12.8 Å². The largest absolute Gasteiger partial charge is 0.342 e. The van der Waals surface area contributed by atoms with E-state index in [4.69, 9.17) is 0 Å². The average molecular weight is 317 g/mol. The van der Waals surface area contributed by atoms with Crippen LogP contribution in [0.1, 0.15) is 25.7 Å². The van der Waals surface area contributed by atoms with Crippen molar-refractivity contribution < 1.29 is 4.79 Å². The fourth-order valence-electron chi connectivity index (χ4n) is 3.84. The van der Waals surface area contributed by atoms with Gasteiger partial charge in [0.2, 0.25) is 11.9 Å². The first-order chi connectivity index (χ1) is 11.1. The molecule has 126 valence electrons. The lowest BCUT2D eigenvalue weighted by molar-refractivity contribution is -0.134. The summed E-state index contributed by atoms with van der Waals surface area (Å²) < 4.78 is 0. The molecular formula is C17H27N5O. The predicted octanol–water partition coefficient (Wildman–Crippen LogP) is 1.25. The number of hydrogen-bond donors (Lipinski definition) is 0. The Morgan fingerprint density at radius 1 is 1.17 bits per heavy atom. The lowest BCUT2D eigenvalue weighted by Crippen LogP contribution is -2.52. The highest BCUT2D eigenvalue weighted by Gasteiger charge is 2.39. The Labute approximate surface area is 138 Å². The van der Waals surface area contributed by atoms with E-state index in [0.717, 1.165) is 45.0 Å². The lowest BCUT2D eigenvalue weighted by Gasteiger charge is -2.47. The average Bonchev–Trinajstić information content (AvgIpc) is 2.56. The van der Waals surface area contributed by atoms with Crippen molar-refractivity contribution in [3.05, 3.63) is 18.5 Å². The maximum Gasteiger partial charge on any atom is 0.236 e. The van der Waals surface area contributed by atoms with Gasteiger partial charge in [-0.1, -0.05) is 0 Å². The van der Waals surface area contributed by atoms with Crippen LogP contribution in [0.15, 0.2) is 18.5 Å². The summed E-state index contributed by atoms with van der Waals surface area (Å²) >= 11 is 0. The van der Waals surface area contributed by atoms with E-state index in [1.54, 1.807) is 0 Å². The van der Waals surface area contributed by atoms with Crippen LogP contribution in [-0.2, 0) is 4.79 Å². The van der Waals surface area contributed by atoms with Gasteiger partial charge >= 0.3 is 0 Å². The Morgan fingerprint density at radius 3 is 2.52 bits per heavy atom. The molecule has 0 aromatic carbocycles. The third-order valence-corrected chi connectivity index (χ3v) is 5.12. The number of rotatable bonds is 3. The van der Waals surface area contributed by atoms with Crippen molar-refractivity contribution in [2.75, 3.05) is 51.7 Å². The van der Waals surface area contributed by atoms with Crippen LogP contribution in [0.4, 0.5) is 5.95 Å². The summed E-state index contributed by atoms with van der Waals surface area (Å²) in [6, 6.07) is 1.86. The lowest BCUT2D eigenvalue weighted by atomic mass is 9.72. The van der Waals surface area contributed by atoms with Crippen LogP contribution in [0, 0.1) is 5.41 Å². The second-order valence-electron chi connectivity index (χ2n) is 7.19. The number of carbonyl (C=O) groups is 1. The number of carbonyl (C=O) groups excluding carboxylic acids is 1. The van der Waals surface area contributed by atoms with Crippen molar-refractivity contribution >= 4 is 11.9 Å². The Balaban J connectivity index is 1.60. The molecule has 0 N–H and O–H groups in total. The van der Waals surface area contributed by atoms with Crippen molar-refractivity contribution in [3.63, 3.8) is 0 Å². The van der Waals surface area contributed by atoms with Gasteiger partial charge in [-0.15, -0.1) is 0 Å². The number of likely N-dealkylation sites (tertiary alicyclic amines) is 1. The number of likely N-dealkylation sites (N-methyl/N-ethyl adjacent to an activating group) is 1. The number of aromatic nitrogens is 2. The van der Waals surface area contributed by atoms with Crippen LogP contribution >= 0.6 is 0 Å². The predicted molar refractivity (Wildman–Crippen MR) is 90.3 cm³/mol. The molecule has 0 bridgehead atoms. The van der Waals surface area contributed by atoms with Gasteiger partial charge in [0.1, 0.15) is 0 Å². The van der Waals surface area contributed by atoms with E-state index in [2.05, 4.69) is 14.9 Å². The molecule has 1 spiro atoms. The van der Waals surface area contributed by atoms with Gasteiger partial charge in [0.25, 0.3) is 0 Å². The van der Waals surface area contributed by atoms with E-state index in [-0.39, 0.29) is 5.91 Å². The van der Waals surface area contributed by atoms with E-state index >= 15 is 0 Å². The summed E-state index contributed by atoms with van der Waals surface area (Å²) in [5.74, 6) is 1.10. The molecule has 3 rings (SSSR count). The minimum Gasteiger partial charge on any atom is -0.342 e. The molecule has 0 radical (unpaired) electrons. The fourth-order valence-corrected chi connectivity index (χ4v) is 3.84. The Bertz CT molecular complexity index is 525. The summed E-state index contributed by atoms with van der Waals surface area (Å²) in [6.07, 6.45) is 8.25. The maximum absolute atomic E-state index is 12.2. The zero-order valence-corrected chi connectivity index (χ0v) is 14.2.